The van der Waals surface area contributed by atoms with Gasteiger partial charge in [0.15, 0.2) is 6.10 Å². The van der Waals surface area contributed by atoms with Gasteiger partial charge in [0.1, 0.15) is 5.82 Å². The summed E-state index contributed by atoms with van der Waals surface area (Å²) in [7, 11) is 0. The average Bonchev–Trinajstić information content (AvgIpc) is 2.12. The third-order valence-electron chi connectivity index (χ3n) is 1.86. The van der Waals surface area contributed by atoms with Crippen molar-refractivity contribution < 1.29 is 19.4 Å². The maximum absolute atomic E-state index is 13.0. The van der Waals surface area contributed by atoms with Crippen LogP contribution in [0.5, 0.6) is 0 Å². The molecular formula is C9H8BrFO3. The number of carboxylic acid groups (broad SMARTS) is 1. The van der Waals surface area contributed by atoms with Crippen LogP contribution in [0.2, 0.25) is 0 Å². The summed E-state index contributed by atoms with van der Waals surface area (Å²) in [4.78, 5) is 10.5. The number of aliphatic hydroxyl groups is 1. The average molecular weight is 263 g/mol. The second-order valence-corrected chi connectivity index (χ2v) is 3.63. The Morgan fingerprint density at radius 3 is 2.64 bits per heavy atom. The lowest BCUT2D eigenvalue weighted by Gasteiger charge is -2.11. The molecule has 0 radical (unpaired) electrons. The van der Waals surface area contributed by atoms with Crippen molar-refractivity contribution in [2.75, 3.05) is 0 Å². The van der Waals surface area contributed by atoms with E-state index in [0.717, 1.165) is 0 Å². The van der Waals surface area contributed by atoms with Crippen molar-refractivity contribution in [2.24, 2.45) is 0 Å². The molecule has 0 heterocycles. The van der Waals surface area contributed by atoms with E-state index in [2.05, 4.69) is 15.9 Å². The normalized spacial score (nSPS) is 12.6. The fourth-order valence-corrected chi connectivity index (χ4v) is 1.78. The van der Waals surface area contributed by atoms with Crippen LogP contribution in [0.4, 0.5) is 4.39 Å². The highest BCUT2D eigenvalue weighted by Gasteiger charge is 2.22. The zero-order valence-electron chi connectivity index (χ0n) is 7.29. The number of hydrogen-bond donors (Lipinski definition) is 2. The minimum Gasteiger partial charge on any atom is -0.479 e. The quantitative estimate of drug-likeness (QED) is 0.858. The summed E-state index contributed by atoms with van der Waals surface area (Å²) in [5.41, 5.74) is 0.575. The minimum absolute atomic E-state index is 0.00704. The largest absolute Gasteiger partial charge is 0.479 e. The van der Waals surface area contributed by atoms with Crippen LogP contribution in [0.1, 0.15) is 17.2 Å². The van der Waals surface area contributed by atoms with Crippen molar-refractivity contribution in [3.63, 3.8) is 0 Å². The van der Waals surface area contributed by atoms with Crippen LogP contribution in [0.25, 0.3) is 0 Å². The molecule has 2 N–H and O–H groups in total. The topological polar surface area (TPSA) is 57.5 Å². The van der Waals surface area contributed by atoms with Gasteiger partial charge in [-0.15, -0.1) is 0 Å². The van der Waals surface area contributed by atoms with Crippen molar-refractivity contribution in [1.29, 1.82) is 0 Å². The summed E-state index contributed by atoms with van der Waals surface area (Å²) >= 11 is 2.90. The Bertz CT molecular complexity index is 379. The fourth-order valence-electron chi connectivity index (χ4n) is 1.12. The molecule has 0 spiro atoms. The van der Waals surface area contributed by atoms with E-state index in [1.54, 1.807) is 6.92 Å². The summed E-state index contributed by atoms with van der Waals surface area (Å²) in [5, 5.41) is 17.9. The number of benzene rings is 1. The number of aliphatic carboxylic acids is 1. The molecule has 0 saturated heterocycles. The number of hydrogen-bond acceptors (Lipinski definition) is 2. The molecule has 0 aliphatic rings. The van der Waals surface area contributed by atoms with E-state index < -0.39 is 17.9 Å². The standard InChI is InChI=1S/C9H8BrFO3/c1-4-2-3-5(11)7(10)6(4)8(12)9(13)14/h2-3,8,12H,1H3,(H,13,14). The summed E-state index contributed by atoms with van der Waals surface area (Å²) in [6.07, 6.45) is -1.71. The number of rotatable bonds is 2. The Morgan fingerprint density at radius 1 is 1.57 bits per heavy atom. The predicted molar refractivity (Wildman–Crippen MR) is 51.4 cm³/mol. The molecule has 1 atom stereocenters. The van der Waals surface area contributed by atoms with E-state index in [0.29, 0.717) is 5.56 Å². The molecule has 5 heteroatoms. The van der Waals surface area contributed by atoms with Crippen LogP contribution in [0.3, 0.4) is 0 Å². The SMILES string of the molecule is Cc1ccc(F)c(Br)c1C(O)C(=O)O. The van der Waals surface area contributed by atoms with Crippen LogP contribution >= 0.6 is 15.9 Å². The maximum Gasteiger partial charge on any atom is 0.337 e. The van der Waals surface area contributed by atoms with Gasteiger partial charge in [0, 0.05) is 5.56 Å². The molecule has 0 fully saturated rings. The Kier molecular flexibility index (Phi) is 3.23. The summed E-state index contributed by atoms with van der Waals surface area (Å²) in [6, 6.07) is 2.62. The Balaban J connectivity index is 3.32. The van der Waals surface area contributed by atoms with Crippen LogP contribution in [0, 0.1) is 12.7 Å². The van der Waals surface area contributed by atoms with E-state index in [4.69, 9.17) is 5.11 Å². The molecule has 1 aromatic rings. The zero-order chi connectivity index (χ0) is 10.9. The number of carbonyl (C=O) groups is 1. The molecule has 0 saturated carbocycles. The fraction of sp³-hybridized carbons (Fsp3) is 0.222. The first-order valence-corrected chi connectivity index (χ1v) is 4.59. The molecule has 3 nitrogen and oxygen atoms in total. The van der Waals surface area contributed by atoms with E-state index >= 15 is 0 Å². The summed E-state index contributed by atoms with van der Waals surface area (Å²) in [6.45, 7) is 1.60. The highest BCUT2D eigenvalue weighted by Crippen LogP contribution is 2.29. The molecule has 0 aliphatic carbocycles. The van der Waals surface area contributed by atoms with Gasteiger partial charge >= 0.3 is 5.97 Å². The second-order valence-electron chi connectivity index (χ2n) is 2.83. The van der Waals surface area contributed by atoms with Gasteiger partial charge in [-0.1, -0.05) is 6.07 Å². The van der Waals surface area contributed by atoms with E-state index in [9.17, 15) is 14.3 Å². The maximum atomic E-state index is 13.0. The van der Waals surface area contributed by atoms with Gasteiger partial charge < -0.3 is 10.2 Å². The van der Waals surface area contributed by atoms with E-state index in [-0.39, 0.29) is 10.0 Å². The van der Waals surface area contributed by atoms with E-state index in [1.807, 2.05) is 0 Å². The molecule has 0 bridgehead atoms. The molecule has 1 unspecified atom stereocenters. The van der Waals surface area contributed by atoms with Crippen molar-refractivity contribution in [3.05, 3.63) is 33.5 Å². The van der Waals surface area contributed by atoms with Crippen molar-refractivity contribution in [1.82, 2.24) is 0 Å². The van der Waals surface area contributed by atoms with Crippen LogP contribution in [-0.4, -0.2) is 16.2 Å². The van der Waals surface area contributed by atoms with Crippen LogP contribution < -0.4 is 0 Å². The van der Waals surface area contributed by atoms with Gasteiger partial charge in [0.25, 0.3) is 0 Å². The molecule has 0 aliphatic heterocycles. The lowest BCUT2D eigenvalue weighted by molar-refractivity contribution is -0.147. The molecule has 1 rings (SSSR count). The smallest absolute Gasteiger partial charge is 0.337 e. The predicted octanol–water partition coefficient (Wildman–Crippen LogP) is 2.01. The first-order valence-electron chi connectivity index (χ1n) is 3.80. The number of carboxylic acids is 1. The first kappa shape index (κ1) is 11.1. The summed E-state index contributed by atoms with van der Waals surface area (Å²) in [5.74, 6) is -2.00. The second kappa shape index (κ2) is 4.06. The molecule has 76 valence electrons. The first-order chi connectivity index (χ1) is 6.45. The van der Waals surface area contributed by atoms with Gasteiger partial charge in [-0.3, -0.25) is 0 Å². The van der Waals surface area contributed by atoms with Crippen molar-refractivity contribution in [3.8, 4) is 0 Å². The Hall–Kier alpha value is -0.940. The van der Waals surface area contributed by atoms with Crippen LogP contribution in [0.15, 0.2) is 16.6 Å². The molecular weight excluding hydrogens is 255 g/mol. The van der Waals surface area contributed by atoms with E-state index in [1.165, 1.54) is 12.1 Å². The van der Waals surface area contributed by atoms with Gasteiger partial charge in [-0.2, -0.15) is 0 Å². The molecule has 0 aromatic heterocycles. The number of aliphatic hydroxyl groups excluding tert-OH is 1. The lowest BCUT2D eigenvalue weighted by atomic mass is 10.0. The highest BCUT2D eigenvalue weighted by molar-refractivity contribution is 9.10. The minimum atomic E-state index is -1.71. The summed E-state index contributed by atoms with van der Waals surface area (Å²) < 4.78 is 13.0. The van der Waals surface area contributed by atoms with Gasteiger partial charge in [0.2, 0.25) is 0 Å². The molecule has 14 heavy (non-hydrogen) atoms. The van der Waals surface area contributed by atoms with Gasteiger partial charge in [-0.25, -0.2) is 9.18 Å². The Morgan fingerprint density at radius 2 is 2.14 bits per heavy atom. The van der Waals surface area contributed by atoms with Gasteiger partial charge in [0.05, 0.1) is 4.47 Å². The third-order valence-corrected chi connectivity index (χ3v) is 2.66. The monoisotopic (exact) mass is 262 g/mol. The Labute approximate surface area is 88.3 Å². The number of aryl methyl sites for hydroxylation is 1. The number of halogens is 2. The molecule has 1 aromatic carbocycles. The lowest BCUT2D eigenvalue weighted by Crippen LogP contribution is -2.13. The third kappa shape index (κ3) is 1.93. The van der Waals surface area contributed by atoms with Crippen molar-refractivity contribution in [2.45, 2.75) is 13.0 Å². The highest BCUT2D eigenvalue weighted by atomic mass is 79.9. The molecule has 0 amide bonds. The van der Waals surface area contributed by atoms with Gasteiger partial charge in [-0.05, 0) is 34.5 Å². The zero-order valence-corrected chi connectivity index (χ0v) is 8.88. The van der Waals surface area contributed by atoms with Crippen LogP contribution in [-0.2, 0) is 4.79 Å². The van der Waals surface area contributed by atoms with Crippen molar-refractivity contribution >= 4 is 21.9 Å².